The number of aryl methyl sites for hydroxylation is 2. The van der Waals surface area contributed by atoms with E-state index in [2.05, 4.69) is 31.9 Å². The van der Waals surface area contributed by atoms with Crippen LogP contribution in [0.25, 0.3) is 21.8 Å². The minimum Gasteiger partial charge on any atom is -0.337 e. The Kier molecular flexibility index (Phi) is 15.9. The van der Waals surface area contributed by atoms with Gasteiger partial charge in [0.05, 0.1) is 33.0 Å². The number of alkyl halides is 6. The third-order valence-electron chi connectivity index (χ3n) is 17.0. The molecule has 0 bridgehead atoms. The number of hydrogen-bond acceptors (Lipinski definition) is 8. The first-order valence-corrected chi connectivity index (χ1v) is 26.5. The van der Waals surface area contributed by atoms with Gasteiger partial charge < -0.3 is 18.9 Å². The number of carbonyl (C=O) groups excluding carboxylic acids is 2. The van der Waals surface area contributed by atoms with E-state index in [1.165, 1.54) is 0 Å². The maximum absolute atomic E-state index is 14.1. The van der Waals surface area contributed by atoms with Crippen LogP contribution in [0.1, 0.15) is 104 Å². The summed E-state index contributed by atoms with van der Waals surface area (Å²) in [6.45, 7) is 5.53. The Bertz CT molecular complexity index is 3150. The second kappa shape index (κ2) is 21.9. The number of halogens is 6. The number of likely N-dealkylation sites (tertiary alicyclic amines) is 2. The number of fused-ring (bicyclic) bond motifs is 4. The van der Waals surface area contributed by atoms with Gasteiger partial charge in [-0.2, -0.15) is 39.8 Å². The molecule has 6 aromatic rings. The number of benzene rings is 2. The fourth-order valence-electron chi connectivity index (χ4n) is 12.5. The summed E-state index contributed by atoms with van der Waals surface area (Å²) in [5.41, 5.74) is 3.57. The summed E-state index contributed by atoms with van der Waals surface area (Å²) >= 11 is 0. The van der Waals surface area contributed by atoms with E-state index in [4.69, 9.17) is 0 Å². The molecule has 4 aliphatic heterocycles. The quantitative estimate of drug-likeness (QED) is 0.125. The van der Waals surface area contributed by atoms with Crippen molar-refractivity contribution in [3.8, 4) is 0 Å². The van der Waals surface area contributed by atoms with E-state index < -0.39 is 34.3 Å². The average Bonchev–Trinajstić information content (AvgIpc) is 4.36. The Morgan fingerprint density at radius 2 is 0.962 bits per heavy atom. The van der Waals surface area contributed by atoms with Crippen LogP contribution in [0.5, 0.6) is 0 Å². The van der Waals surface area contributed by atoms with E-state index in [0.717, 1.165) is 122 Å². The fourth-order valence-corrected chi connectivity index (χ4v) is 12.5. The summed E-state index contributed by atoms with van der Waals surface area (Å²) in [6, 6.07) is 21.4. The normalized spacial score (nSPS) is 21.6. The highest BCUT2D eigenvalue weighted by atomic mass is 32.1. The Labute approximate surface area is 456 Å². The molecule has 0 unspecified atom stereocenters. The van der Waals surface area contributed by atoms with Crippen LogP contribution in [-0.2, 0) is 75.1 Å². The van der Waals surface area contributed by atoms with E-state index in [-0.39, 0.29) is 56.9 Å². The van der Waals surface area contributed by atoms with Crippen molar-refractivity contribution in [1.29, 1.82) is 0 Å². The Morgan fingerprint density at radius 1 is 0.577 bits per heavy atom. The van der Waals surface area contributed by atoms with Crippen LogP contribution >= 0.6 is 13.5 Å². The molecule has 416 valence electrons. The van der Waals surface area contributed by atoms with Crippen molar-refractivity contribution in [2.45, 2.75) is 110 Å². The highest BCUT2D eigenvalue weighted by Crippen LogP contribution is 2.49. The summed E-state index contributed by atoms with van der Waals surface area (Å²) in [6.07, 6.45) is 1.51. The molecule has 8 heterocycles. The molecule has 2 amide bonds. The van der Waals surface area contributed by atoms with Gasteiger partial charge in [-0.25, -0.2) is 0 Å². The van der Waals surface area contributed by atoms with Crippen LogP contribution in [-0.4, -0.2) is 89.8 Å². The summed E-state index contributed by atoms with van der Waals surface area (Å²) < 4.78 is 83.0. The smallest absolute Gasteiger partial charge is 0.337 e. The van der Waals surface area contributed by atoms with Gasteiger partial charge in [0.1, 0.15) is 0 Å². The first-order chi connectivity index (χ1) is 36.2. The molecule has 0 spiro atoms. The predicted octanol–water partition coefficient (Wildman–Crippen LogP) is 9.81. The number of carbonyl (C=O) groups is 2. The van der Waals surface area contributed by atoms with Crippen LogP contribution in [0.15, 0.2) is 94.8 Å². The molecular formula is C59H68F6N8O4S. The molecular weight excluding hydrogens is 1030 g/mol. The van der Waals surface area contributed by atoms with E-state index in [1.807, 2.05) is 36.4 Å². The predicted molar refractivity (Wildman–Crippen MR) is 292 cm³/mol. The largest absolute Gasteiger partial charge is 0.417 e. The number of pyridine rings is 4. The van der Waals surface area contributed by atoms with Gasteiger partial charge in [-0.15, -0.1) is 0 Å². The van der Waals surface area contributed by atoms with E-state index in [9.17, 15) is 45.5 Å². The van der Waals surface area contributed by atoms with Crippen LogP contribution < -0.4 is 11.1 Å². The van der Waals surface area contributed by atoms with Crippen molar-refractivity contribution in [3.05, 3.63) is 151 Å². The van der Waals surface area contributed by atoms with Crippen molar-refractivity contribution < 1.29 is 35.9 Å². The molecule has 0 radical (unpaired) electrons. The monoisotopic (exact) mass is 1100 g/mol. The van der Waals surface area contributed by atoms with Gasteiger partial charge in [0.2, 0.25) is 11.8 Å². The SMILES string of the molecule is C.Cn1c(=O)ccc2ccc(CN3CC[C@@](CC4CC4)(C(=O)N4CCc5ncc(C(F)(F)F)cc5C4)C3)cc21.Cn1c(=O)ccc2ccc(CN3CC[C@](CC4CC4)(C(=O)N4CCc5ncc(C(F)(F)F)cc5C4)C3)cc21.S. The molecule has 78 heavy (non-hydrogen) atoms. The fraction of sp³-hybridized carbons (Fsp3) is 0.492. The number of aromatic nitrogens is 4. The number of nitrogens with zero attached hydrogens (tertiary/aromatic N) is 8. The van der Waals surface area contributed by atoms with Crippen LogP contribution in [0.3, 0.4) is 0 Å². The van der Waals surface area contributed by atoms with Crippen molar-refractivity contribution in [2.75, 3.05) is 39.3 Å². The van der Waals surface area contributed by atoms with Crippen molar-refractivity contribution in [1.82, 2.24) is 38.7 Å². The first-order valence-electron chi connectivity index (χ1n) is 26.5. The Morgan fingerprint density at radius 3 is 1.33 bits per heavy atom. The molecule has 0 N–H and O–H groups in total. The second-order valence-corrected chi connectivity index (χ2v) is 22.6. The van der Waals surface area contributed by atoms with E-state index in [1.54, 1.807) is 45.2 Å². The molecule has 2 aromatic carbocycles. The summed E-state index contributed by atoms with van der Waals surface area (Å²) in [5.74, 6) is 1.22. The molecule has 6 aliphatic rings. The summed E-state index contributed by atoms with van der Waals surface area (Å²) in [7, 11) is 3.54. The molecule has 4 aromatic heterocycles. The Hall–Kier alpha value is -6.05. The first kappa shape index (κ1) is 56.7. The van der Waals surface area contributed by atoms with Gasteiger partial charge in [0, 0.05) is 115 Å². The Balaban J connectivity index is 0.000000185. The van der Waals surface area contributed by atoms with Gasteiger partial charge in [0.25, 0.3) is 11.1 Å². The zero-order valence-electron chi connectivity index (χ0n) is 43.4. The zero-order valence-corrected chi connectivity index (χ0v) is 44.4. The number of rotatable bonds is 10. The summed E-state index contributed by atoms with van der Waals surface area (Å²) in [5, 5.41) is 2.01. The molecule has 2 atom stereocenters. The minimum atomic E-state index is -4.46. The molecule has 12 rings (SSSR count). The lowest BCUT2D eigenvalue weighted by molar-refractivity contribution is -0.144. The van der Waals surface area contributed by atoms with Gasteiger partial charge in [-0.3, -0.25) is 38.9 Å². The third-order valence-corrected chi connectivity index (χ3v) is 17.0. The lowest BCUT2D eigenvalue weighted by Gasteiger charge is -2.37. The molecule has 19 heteroatoms. The van der Waals surface area contributed by atoms with E-state index >= 15 is 0 Å². The highest BCUT2D eigenvalue weighted by Gasteiger charge is 2.51. The summed E-state index contributed by atoms with van der Waals surface area (Å²) in [4.78, 5) is 68.6. The van der Waals surface area contributed by atoms with Crippen LogP contribution in [0.2, 0.25) is 0 Å². The number of amides is 2. The van der Waals surface area contributed by atoms with Crippen LogP contribution in [0.4, 0.5) is 26.3 Å². The topological polar surface area (TPSA) is 117 Å². The standard InChI is InChI=1S/2C29H31F3N4O2.CH4.H2S/c2*1-34-25-12-20(4-5-21(25)6-7-26(34)37)16-35-11-9-28(18-35,14-19-2-3-19)27(38)36-10-8-24-22(17-36)13-23(15-33-24)29(30,31)32;;/h2*4-7,12-13,15,19H,2-3,8-11,14,16-18H2,1H3;1H4;1H2/t2*28-;;/m10../s1. The molecule has 12 nitrogen and oxygen atoms in total. The lowest BCUT2D eigenvalue weighted by atomic mass is 9.79. The van der Waals surface area contributed by atoms with Crippen molar-refractivity contribution in [3.63, 3.8) is 0 Å². The van der Waals surface area contributed by atoms with Crippen molar-refractivity contribution >= 4 is 47.1 Å². The average molecular weight is 1100 g/mol. The highest BCUT2D eigenvalue weighted by molar-refractivity contribution is 7.59. The van der Waals surface area contributed by atoms with Gasteiger partial charge in [-0.1, -0.05) is 57.4 Å². The number of hydrogen-bond donors (Lipinski definition) is 0. The zero-order chi connectivity index (χ0) is 53.3. The van der Waals surface area contributed by atoms with Gasteiger partial charge in [-0.05, 0) is 120 Å². The van der Waals surface area contributed by atoms with Crippen molar-refractivity contribution in [2.24, 2.45) is 36.8 Å². The van der Waals surface area contributed by atoms with Gasteiger partial charge in [0.15, 0.2) is 0 Å². The second-order valence-electron chi connectivity index (χ2n) is 22.6. The van der Waals surface area contributed by atoms with Crippen LogP contribution in [0, 0.1) is 22.7 Å². The maximum Gasteiger partial charge on any atom is 0.417 e. The van der Waals surface area contributed by atoms with E-state index in [0.29, 0.717) is 86.5 Å². The maximum atomic E-state index is 14.1. The third kappa shape index (κ3) is 11.8. The molecule has 2 saturated heterocycles. The van der Waals surface area contributed by atoms with Gasteiger partial charge >= 0.3 is 12.4 Å². The molecule has 2 saturated carbocycles. The molecule has 2 aliphatic carbocycles. The molecule has 4 fully saturated rings. The minimum absolute atomic E-state index is 0. The lowest BCUT2D eigenvalue weighted by Crippen LogP contribution is -2.47.